The Morgan fingerprint density at radius 2 is 1.35 bits per heavy atom. The third kappa shape index (κ3) is 4.83. The van der Waals surface area contributed by atoms with Crippen LogP contribution in [-0.2, 0) is 9.84 Å². The fourth-order valence-corrected chi connectivity index (χ4v) is 4.57. The zero-order chi connectivity index (χ0) is 19.5. The molecule has 3 nitrogen and oxygen atoms in total. The van der Waals surface area contributed by atoms with Gasteiger partial charge in [0.25, 0.3) is 9.04 Å². The van der Waals surface area contributed by atoms with Crippen LogP contribution in [0.2, 0.25) is 0 Å². The first kappa shape index (κ1) is 20.8. The fraction of sp³-hybridized carbons (Fsp3) is 0.455. The second kappa shape index (κ2) is 8.05. The highest BCUT2D eigenvalue weighted by Crippen LogP contribution is 2.21. The number of benzene rings is 2. The Bertz CT molecular complexity index is 690. The molecule has 0 aliphatic rings. The summed E-state index contributed by atoms with van der Waals surface area (Å²) in [5, 5.41) is 13.1. The van der Waals surface area contributed by atoms with E-state index in [4.69, 9.17) is 4.43 Å². The Hall–Kier alpha value is -1.46. The van der Waals surface area contributed by atoms with E-state index < -0.39 is 20.9 Å². The zero-order valence-electron chi connectivity index (χ0n) is 17.1. The molecule has 2 aromatic rings. The first-order valence-corrected chi connectivity index (χ1v) is 10.5. The number of aliphatic hydroxyl groups excluding tert-OH is 1. The van der Waals surface area contributed by atoms with Gasteiger partial charge in [-0.3, -0.25) is 4.90 Å². The number of nitrogens with zero attached hydrogens (tertiary/aromatic N) is 1. The summed E-state index contributed by atoms with van der Waals surface area (Å²) in [5.74, 6) is 0. The van der Waals surface area contributed by atoms with Crippen molar-refractivity contribution in [1.29, 1.82) is 0 Å². The maximum absolute atomic E-state index is 10.8. The van der Waals surface area contributed by atoms with E-state index >= 15 is 0 Å². The molecule has 1 radical (unpaired) electrons. The topological polar surface area (TPSA) is 32.7 Å². The lowest BCUT2D eigenvalue weighted by Gasteiger charge is -2.38. The molecule has 141 valence electrons. The third-order valence-electron chi connectivity index (χ3n) is 5.04. The van der Waals surface area contributed by atoms with Crippen molar-refractivity contribution >= 4 is 19.4 Å². The molecule has 1 unspecified atom stereocenters. The van der Waals surface area contributed by atoms with Crippen molar-refractivity contribution in [2.24, 2.45) is 0 Å². The van der Waals surface area contributed by atoms with Gasteiger partial charge >= 0.3 is 0 Å². The average Bonchev–Trinajstić information content (AvgIpc) is 2.59. The number of hydrogen-bond donors (Lipinski definition) is 1. The summed E-state index contributed by atoms with van der Waals surface area (Å²) in [4.78, 5) is 1.99. The van der Waals surface area contributed by atoms with E-state index in [2.05, 4.69) is 57.2 Å². The summed E-state index contributed by atoms with van der Waals surface area (Å²) in [5.41, 5.74) is 0.937. The Kier molecular flexibility index (Phi) is 6.45. The minimum atomic E-state index is -1.55. The normalized spacial score (nSPS) is 14.1. The van der Waals surface area contributed by atoms with Gasteiger partial charge in [0.1, 0.15) is 0 Å². The van der Waals surface area contributed by atoms with Crippen LogP contribution in [-0.4, -0.2) is 45.0 Å². The lowest BCUT2D eigenvalue weighted by molar-refractivity contribution is -0.110. The quantitative estimate of drug-likeness (QED) is 0.627. The molecule has 0 bridgehead atoms. The summed E-state index contributed by atoms with van der Waals surface area (Å²) in [7, 11) is 2.36. The number of likely N-dealkylation sites (N-methyl/N-ethyl adjacent to an activating group) is 1. The van der Waals surface area contributed by atoms with Crippen molar-refractivity contribution < 1.29 is 9.53 Å². The molecule has 0 aliphatic carbocycles. The monoisotopic (exact) mass is 370 g/mol. The molecule has 0 spiro atoms. The van der Waals surface area contributed by atoms with Crippen LogP contribution in [0.1, 0.15) is 40.2 Å². The molecule has 0 amide bonds. The van der Waals surface area contributed by atoms with Gasteiger partial charge in [0.2, 0.25) is 0 Å². The molecule has 0 heterocycles. The number of hydrogen-bond acceptors (Lipinski definition) is 3. The van der Waals surface area contributed by atoms with E-state index in [-0.39, 0.29) is 5.41 Å². The first-order chi connectivity index (χ1) is 12.0. The molecule has 1 atom stereocenters. The first-order valence-electron chi connectivity index (χ1n) is 9.09. The second-order valence-corrected chi connectivity index (χ2v) is 10.6. The van der Waals surface area contributed by atoms with E-state index in [1.54, 1.807) is 0 Å². The molecule has 4 heteroatoms. The molecule has 0 aromatic heterocycles. The number of rotatable bonds is 6. The van der Waals surface area contributed by atoms with Crippen LogP contribution in [0.3, 0.4) is 0 Å². The molecule has 1 N–H and O–H groups in total. The van der Waals surface area contributed by atoms with E-state index in [0.29, 0.717) is 0 Å². The minimum Gasteiger partial charge on any atom is -0.381 e. The van der Waals surface area contributed by atoms with Crippen LogP contribution in [0, 0.1) is 0 Å². The Morgan fingerprint density at radius 3 is 1.81 bits per heavy atom. The van der Waals surface area contributed by atoms with Gasteiger partial charge in [-0.05, 0) is 49.3 Å². The largest absolute Gasteiger partial charge is 0.381 e. The van der Waals surface area contributed by atoms with Gasteiger partial charge in [-0.1, -0.05) is 75.4 Å². The Balaban J connectivity index is 2.37. The standard InChI is InChI=1S/C22H32NO2Si/c1-21(2,3)17-13-15-19(16-14-17)26(18-11-9-8-10-12-18)25-20(24)22(4,5)23(6)7/h8-16,20,24H,1-7H3. The van der Waals surface area contributed by atoms with Crippen molar-refractivity contribution in [3.63, 3.8) is 0 Å². The third-order valence-corrected chi connectivity index (χ3v) is 7.21. The van der Waals surface area contributed by atoms with E-state index in [0.717, 1.165) is 10.4 Å². The SMILES string of the molecule is CN(C)C(C)(C)C(O)O[Si](c1ccccc1)c1ccc(C(C)(C)C)cc1. The molecule has 26 heavy (non-hydrogen) atoms. The fourth-order valence-electron chi connectivity index (χ4n) is 2.49. The summed E-state index contributed by atoms with van der Waals surface area (Å²) >= 11 is 0. The molecule has 0 aliphatic heterocycles. The van der Waals surface area contributed by atoms with Gasteiger partial charge in [0.05, 0.1) is 5.54 Å². The van der Waals surface area contributed by atoms with Crippen molar-refractivity contribution in [3.8, 4) is 0 Å². The van der Waals surface area contributed by atoms with Crippen LogP contribution in [0.5, 0.6) is 0 Å². The minimum absolute atomic E-state index is 0.117. The smallest absolute Gasteiger partial charge is 0.286 e. The maximum atomic E-state index is 10.8. The lowest BCUT2D eigenvalue weighted by Crippen LogP contribution is -2.56. The number of aliphatic hydroxyl groups is 1. The lowest BCUT2D eigenvalue weighted by atomic mass is 9.87. The molecular weight excluding hydrogens is 338 g/mol. The Labute approximate surface area is 160 Å². The van der Waals surface area contributed by atoms with E-state index in [9.17, 15) is 5.11 Å². The predicted molar refractivity (Wildman–Crippen MR) is 111 cm³/mol. The second-order valence-electron chi connectivity index (χ2n) is 8.54. The van der Waals surface area contributed by atoms with Gasteiger partial charge in [-0.25, -0.2) is 0 Å². The van der Waals surface area contributed by atoms with Gasteiger partial charge in [0, 0.05) is 0 Å². The molecule has 0 saturated heterocycles. The summed E-state index contributed by atoms with van der Waals surface area (Å²) in [6.07, 6.45) is -0.881. The van der Waals surface area contributed by atoms with Gasteiger partial charge in [-0.15, -0.1) is 0 Å². The highest BCUT2D eigenvalue weighted by molar-refractivity contribution is 6.80. The van der Waals surface area contributed by atoms with Gasteiger partial charge in [0.15, 0.2) is 6.29 Å². The summed E-state index contributed by atoms with van der Waals surface area (Å²) < 4.78 is 6.29. The highest BCUT2D eigenvalue weighted by atomic mass is 28.3. The van der Waals surface area contributed by atoms with Gasteiger partial charge in [-0.2, -0.15) is 0 Å². The van der Waals surface area contributed by atoms with Crippen LogP contribution in [0.4, 0.5) is 0 Å². The van der Waals surface area contributed by atoms with Crippen molar-refractivity contribution in [2.45, 2.75) is 51.9 Å². The molecular formula is C22H32NO2Si. The zero-order valence-corrected chi connectivity index (χ0v) is 18.1. The average molecular weight is 371 g/mol. The van der Waals surface area contributed by atoms with Crippen LogP contribution >= 0.6 is 0 Å². The predicted octanol–water partition coefficient (Wildman–Crippen LogP) is 2.77. The molecule has 2 aromatic carbocycles. The van der Waals surface area contributed by atoms with Crippen LogP contribution in [0.25, 0.3) is 0 Å². The molecule has 0 fully saturated rings. The molecule has 0 saturated carbocycles. The van der Waals surface area contributed by atoms with Crippen molar-refractivity contribution in [1.82, 2.24) is 4.90 Å². The van der Waals surface area contributed by atoms with Crippen molar-refractivity contribution in [3.05, 3.63) is 60.2 Å². The van der Waals surface area contributed by atoms with Crippen LogP contribution < -0.4 is 10.4 Å². The van der Waals surface area contributed by atoms with Gasteiger partial charge < -0.3 is 9.53 Å². The Morgan fingerprint density at radius 1 is 0.846 bits per heavy atom. The molecule has 2 rings (SSSR count). The van der Waals surface area contributed by atoms with E-state index in [1.165, 1.54) is 5.56 Å². The van der Waals surface area contributed by atoms with Crippen LogP contribution in [0.15, 0.2) is 54.6 Å². The highest BCUT2D eigenvalue weighted by Gasteiger charge is 2.34. The van der Waals surface area contributed by atoms with E-state index in [1.807, 2.05) is 51.0 Å². The summed E-state index contributed by atoms with van der Waals surface area (Å²) in [6.45, 7) is 10.6. The summed E-state index contributed by atoms with van der Waals surface area (Å²) in [6, 6.07) is 18.9. The van der Waals surface area contributed by atoms with Crippen molar-refractivity contribution in [2.75, 3.05) is 14.1 Å². The maximum Gasteiger partial charge on any atom is 0.286 e.